The van der Waals surface area contributed by atoms with E-state index in [-0.39, 0.29) is 18.5 Å². The maximum absolute atomic E-state index is 13.6. The first-order chi connectivity index (χ1) is 17.9. The van der Waals surface area contributed by atoms with Crippen molar-refractivity contribution in [2.75, 3.05) is 28.4 Å². The van der Waals surface area contributed by atoms with Crippen LogP contribution in [0.5, 0.6) is 23.0 Å². The van der Waals surface area contributed by atoms with E-state index in [1.807, 2.05) is 12.1 Å². The Labute approximate surface area is 214 Å². The van der Waals surface area contributed by atoms with E-state index in [9.17, 15) is 14.9 Å². The lowest BCUT2D eigenvalue weighted by Crippen LogP contribution is -2.25. The molecule has 3 aromatic rings. The van der Waals surface area contributed by atoms with Crippen LogP contribution in [0.15, 0.2) is 47.3 Å². The second kappa shape index (κ2) is 12.5. The molecule has 0 aliphatic heterocycles. The van der Waals surface area contributed by atoms with Crippen LogP contribution in [0.3, 0.4) is 0 Å². The van der Waals surface area contributed by atoms with Crippen molar-refractivity contribution < 1.29 is 28.9 Å². The number of amides is 1. The standard InChI is InChI=1S/C27H29N3O7/c1-34-19-10-8-17(9-11-19)22-15-20(18-13-23(35-2)26(37-4)24(14-18)36-3)21(16-28)27(32)30(22)12-6-5-7-25(31)29-33/h8-11,13-15,33H,5-7,12H2,1-4H3,(H,29,31). The van der Waals surface area contributed by atoms with Crippen LogP contribution in [-0.4, -0.2) is 44.1 Å². The molecule has 1 aromatic heterocycles. The molecule has 194 valence electrons. The fraction of sp³-hybridized carbons (Fsp3) is 0.296. The Kier molecular flexibility index (Phi) is 9.13. The third kappa shape index (κ3) is 5.85. The summed E-state index contributed by atoms with van der Waals surface area (Å²) >= 11 is 0. The molecule has 3 rings (SSSR count). The second-order valence-corrected chi connectivity index (χ2v) is 8.02. The summed E-state index contributed by atoms with van der Waals surface area (Å²) in [4.78, 5) is 25.0. The minimum atomic E-state index is -0.502. The predicted octanol–water partition coefficient (Wildman–Crippen LogP) is 3.76. The predicted molar refractivity (Wildman–Crippen MR) is 136 cm³/mol. The Hall–Kier alpha value is -4.49. The number of nitrogens with zero attached hydrogens (tertiary/aromatic N) is 2. The van der Waals surface area contributed by atoms with Crippen molar-refractivity contribution in [2.24, 2.45) is 0 Å². The first kappa shape index (κ1) is 27.1. The lowest BCUT2D eigenvalue weighted by Gasteiger charge is -2.18. The number of carbonyl (C=O) groups is 1. The molecule has 0 radical (unpaired) electrons. The van der Waals surface area contributed by atoms with Crippen LogP contribution >= 0.6 is 0 Å². The first-order valence-electron chi connectivity index (χ1n) is 11.5. The van der Waals surface area contributed by atoms with E-state index in [4.69, 9.17) is 24.2 Å². The van der Waals surface area contributed by atoms with Gasteiger partial charge in [0.1, 0.15) is 17.4 Å². The summed E-state index contributed by atoms with van der Waals surface area (Å²) in [5.74, 6) is 1.32. The maximum Gasteiger partial charge on any atom is 0.269 e. The molecule has 10 heteroatoms. The summed E-state index contributed by atoms with van der Waals surface area (Å²) < 4.78 is 23.1. The van der Waals surface area contributed by atoms with Gasteiger partial charge in [-0.3, -0.25) is 14.8 Å². The molecule has 0 bridgehead atoms. The van der Waals surface area contributed by atoms with E-state index < -0.39 is 11.5 Å². The van der Waals surface area contributed by atoms with Crippen molar-refractivity contribution in [2.45, 2.75) is 25.8 Å². The topological polar surface area (TPSA) is 132 Å². The monoisotopic (exact) mass is 507 g/mol. The molecule has 0 saturated heterocycles. The minimum absolute atomic E-state index is 0.0420. The zero-order chi connectivity index (χ0) is 26.9. The van der Waals surface area contributed by atoms with E-state index in [1.165, 1.54) is 25.9 Å². The highest BCUT2D eigenvalue weighted by Crippen LogP contribution is 2.42. The number of benzene rings is 2. The van der Waals surface area contributed by atoms with Gasteiger partial charge in [0.25, 0.3) is 5.56 Å². The second-order valence-electron chi connectivity index (χ2n) is 8.02. The molecule has 0 aliphatic rings. The quantitative estimate of drug-likeness (QED) is 0.228. The van der Waals surface area contributed by atoms with Crippen LogP contribution in [-0.2, 0) is 11.3 Å². The van der Waals surface area contributed by atoms with Gasteiger partial charge in [-0.2, -0.15) is 5.26 Å². The van der Waals surface area contributed by atoms with Gasteiger partial charge in [-0.25, -0.2) is 5.48 Å². The van der Waals surface area contributed by atoms with Gasteiger partial charge in [-0.1, -0.05) is 0 Å². The number of rotatable bonds is 11. The molecule has 0 saturated carbocycles. The number of pyridine rings is 1. The van der Waals surface area contributed by atoms with Crippen LogP contribution < -0.4 is 30.0 Å². The van der Waals surface area contributed by atoms with E-state index >= 15 is 0 Å². The lowest BCUT2D eigenvalue weighted by molar-refractivity contribution is -0.129. The number of methoxy groups -OCH3 is 4. The summed E-state index contributed by atoms with van der Waals surface area (Å²) in [7, 11) is 6.04. The number of aromatic nitrogens is 1. The lowest BCUT2D eigenvalue weighted by atomic mass is 9.97. The van der Waals surface area contributed by atoms with Crippen molar-refractivity contribution in [3.8, 4) is 51.5 Å². The van der Waals surface area contributed by atoms with Crippen LogP contribution in [0.25, 0.3) is 22.4 Å². The maximum atomic E-state index is 13.6. The SMILES string of the molecule is COc1ccc(-c2cc(-c3cc(OC)c(OC)c(OC)c3)c(C#N)c(=O)n2CCCCC(=O)NO)cc1. The molecular weight excluding hydrogens is 478 g/mol. The number of nitriles is 1. The third-order valence-electron chi connectivity index (χ3n) is 5.93. The Balaban J connectivity index is 2.22. The van der Waals surface area contributed by atoms with Gasteiger partial charge in [-0.05, 0) is 66.4 Å². The van der Waals surface area contributed by atoms with Gasteiger partial charge in [0, 0.05) is 18.5 Å². The molecular formula is C27H29N3O7. The molecule has 1 amide bonds. The average Bonchev–Trinajstić information content (AvgIpc) is 2.94. The Morgan fingerprint density at radius 2 is 1.59 bits per heavy atom. The van der Waals surface area contributed by atoms with Crippen molar-refractivity contribution >= 4 is 5.91 Å². The number of unbranched alkanes of at least 4 members (excludes halogenated alkanes) is 1. The van der Waals surface area contributed by atoms with E-state index in [2.05, 4.69) is 6.07 Å². The van der Waals surface area contributed by atoms with Crippen LogP contribution in [0, 0.1) is 11.3 Å². The number of hydroxylamine groups is 1. The minimum Gasteiger partial charge on any atom is -0.497 e. The van der Waals surface area contributed by atoms with Gasteiger partial charge < -0.3 is 23.5 Å². The molecule has 10 nitrogen and oxygen atoms in total. The summed E-state index contributed by atoms with van der Waals surface area (Å²) in [5.41, 5.74) is 3.38. The fourth-order valence-corrected chi connectivity index (χ4v) is 4.05. The highest BCUT2D eigenvalue weighted by molar-refractivity contribution is 5.79. The zero-order valence-corrected chi connectivity index (χ0v) is 21.2. The van der Waals surface area contributed by atoms with Crippen molar-refractivity contribution in [3.63, 3.8) is 0 Å². The summed E-state index contributed by atoms with van der Waals surface area (Å²) in [6, 6.07) is 14.4. The van der Waals surface area contributed by atoms with E-state index in [1.54, 1.807) is 42.9 Å². The van der Waals surface area contributed by atoms with Gasteiger partial charge in [0.15, 0.2) is 11.5 Å². The molecule has 1 heterocycles. The molecule has 0 atom stereocenters. The number of nitrogens with one attached hydrogen (secondary N) is 1. The molecule has 2 aromatic carbocycles. The normalized spacial score (nSPS) is 10.4. The third-order valence-corrected chi connectivity index (χ3v) is 5.93. The van der Waals surface area contributed by atoms with Gasteiger partial charge in [0.2, 0.25) is 11.7 Å². The smallest absolute Gasteiger partial charge is 0.269 e. The summed E-state index contributed by atoms with van der Waals surface area (Å²) in [6.45, 7) is 0.267. The number of hydrogen-bond donors (Lipinski definition) is 2. The van der Waals surface area contributed by atoms with Crippen molar-refractivity contribution in [3.05, 3.63) is 58.4 Å². The molecule has 37 heavy (non-hydrogen) atoms. The van der Waals surface area contributed by atoms with Crippen molar-refractivity contribution in [1.82, 2.24) is 10.0 Å². The van der Waals surface area contributed by atoms with Crippen LogP contribution in [0.4, 0.5) is 0 Å². The number of hydrogen-bond acceptors (Lipinski definition) is 8. The average molecular weight is 508 g/mol. The number of ether oxygens (including phenoxy) is 4. The first-order valence-corrected chi connectivity index (χ1v) is 11.5. The van der Waals surface area contributed by atoms with Gasteiger partial charge in [0.05, 0.1) is 34.1 Å². The highest BCUT2D eigenvalue weighted by Gasteiger charge is 2.21. The summed E-state index contributed by atoms with van der Waals surface area (Å²) in [5, 5.41) is 18.7. The molecule has 0 spiro atoms. The highest BCUT2D eigenvalue weighted by atomic mass is 16.5. The Morgan fingerprint density at radius 1 is 0.946 bits per heavy atom. The Morgan fingerprint density at radius 3 is 2.11 bits per heavy atom. The molecule has 0 fully saturated rings. The zero-order valence-electron chi connectivity index (χ0n) is 21.2. The largest absolute Gasteiger partial charge is 0.497 e. The Bertz CT molecular complexity index is 1330. The van der Waals surface area contributed by atoms with E-state index in [0.717, 1.165) is 5.56 Å². The van der Waals surface area contributed by atoms with Crippen LogP contribution in [0.1, 0.15) is 24.8 Å². The fourth-order valence-electron chi connectivity index (χ4n) is 4.05. The summed E-state index contributed by atoms with van der Waals surface area (Å²) in [6.07, 6.45) is 1.03. The molecule has 2 N–H and O–H groups in total. The molecule has 0 aliphatic carbocycles. The van der Waals surface area contributed by atoms with Crippen LogP contribution in [0.2, 0.25) is 0 Å². The van der Waals surface area contributed by atoms with Gasteiger partial charge in [-0.15, -0.1) is 0 Å². The number of carbonyl (C=O) groups excluding carboxylic acids is 1. The van der Waals surface area contributed by atoms with E-state index in [0.29, 0.717) is 52.7 Å². The van der Waals surface area contributed by atoms with Gasteiger partial charge >= 0.3 is 0 Å². The van der Waals surface area contributed by atoms with Crippen molar-refractivity contribution in [1.29, 1.82) is 5.26 Å². The molecule has 0 unspecified atom stereocenters.